The number of nitrogens with one attached hydrogen (secondary N) is 1. The lowest BCUT2D eigenvalue weighted by Crippen LogP contribution is -2.03. The molecular formula is C15H10N4O2. The average molecular weight is 278 g/mol. The number of non-ortho nitro benzene ring substituents is 1. The molecule has 0 aromatic heterocycles. The third kappa shape index (κ3) is 3.14. The van der Waals surface area contributed by atoms with Gasteiger partial charge in [-0.3, -0.25) is 10.1 Å². The van der Waals surface area contributed by atoms with Crippen LogP contribution in [-0.2, 0) is 6.54 Å². The fourth-order valence-electron chi connectivity index (χ4n) is 1.87. The lowest BCUT2D eigenvalue weighted by molar-refractivity contribution is -0.384. The van der Waals surface area contributed by atoms with E-state index in [1.807, 2.05) is 18.2 Å². The third-order valence-corrected chi connectivity index (χ3v) is 2.94. The first kappa shape index (κ1) is 14.0. The topological polar surface area (TPSA) is 103 Å². The van der Waals surface area contributed by atoms with Gasteiger partial charge in [0.15, 0.2) is 0 Å². The second-order valence-corrected chi connectivity index (χ2v) is 4.22. The highest BCUT2D eigenvalue weighted by Crippen LogP contribution is 2.22. The first-order valence-electron chi connectivity index (χ1n) is 6.06. The molecule has 0 aliphatic rings. The van der Waals surface area contributed by atoms with E-state index in [1.54, 1.807) is 12.1 Å². The molecule has 0 unspecified atom stereocenters. The van der Waals surface area contributed by atoms with Crippen LogP contribution in [0.15, 0.2) is 42.5 Å². The summed E-state index contributed by atoms with van der Waals surface area (Å²) in [4.78, 5) is 10.1. The van der Waals surface area contributed by atoms with E-state index >= 15 is 0 Å². The highest BCUT2D eigenvalue weighted by atomic mass is 16.6. The molecule has 0 saturated carbocycles. The normalized spacial score (nSPS) is 9.43. The number of nitro benzene ring substituents is 1. The van der Waals surface area contributed by atoms with E-state index in [2.05, 4.69) is 11.4 Å². The lowest BCUT2D eigenvalue weighted by Gasteiger charge is -2.09. The van der Waals surface area contributed by atoms with E-state index < -0.39 is 4.92 Å². The maximum Gasteiger partial charge on any atom is 0.270 e. The molecule has 2 aromatic carbocycles. The Kier molecular flexibility index (Phi) is 4.13. The minimum atomic E-state index is -0.546. The second kappa shape index (κ2) is 6.18. The molecule has 1 N–H and O–H groups in total. The van der Waals surface area contributed by atoms with Crippen LogP contribution in [0.1, 0.15) is 16.7 Å². The van der Waals surface area contributed by atoms with Gasteiger partial charge in [0.25, 0.3) is 5.69 Å². The number of nitro groups is 1. The summed E-state index contributed by atoms with van der Waals surface area (Å²) in [6.07, 6.45) is 0. The van der Waals surface area contributed by atoms with Gasteiger partial charge < -0.3 is 5.32 Å². The molecule has 0 saturated heterocycles. The van der Waals surface area contributed by atoms with Crippen LogP contribution in [0.3, 0.4) is 0 Å². The van der Waals surface area contributed by atoms with Crippen LogP contribution in [0.2, 0.25) is 0 Å². The van der Waals surface area contributed by atoms with Crippen molar-refractivity contribution in [3.8, 4) is 12.1 Å². The molecule has 0 spiro atoms. The number of nitrogens with zero attached hydrogens (tertiary/aromatic N) is 3. The van der Waals surface area contributed by atoms with Gasteiger partial charge in [0, 0.05) is 18.7 Å². The van der Waals surface area contributed by atoms with Gasteiger partial charge in [-0.2, -0.15) is 10.5 Å². The summed E-state index contributed by atoms with van der Waals surface area (Å²) < 4.78 is 0. The summed E-state index contributed by atoms with van der Waals surface area (Å²) in [5.74, 6) is 0. The van der Waals surface area contributed by atoms with Crippen LogP contribution in [0.5, 0.6) is 0 Å². The summed E-state index contributed by atoms with van der Waals surface area (Å²) in [5.41, 5.74) is 1.90. The Hall–Kier alpha value is -3.38. The molecule has 0 radical (unpaired) electrons. The zero-order valence-electron chi connectivity index (χ0n) is 10.9. The van der Waals surface area contributed by atoms with Gasteiger partial charge in [-0.1, -0.05) is 18.2 Å². The SMILES string of the molecule is N#Cc1ccccc1CNc1ccc([N+](=O)[O-])cc1C#N. The second-order valence-electron chi connectivity index (χ2n) is 4.22. The highest BCUT2D eigenvalue weighted by Gasteiger charge is 2.10. The zero-order chi connectivity index (χ0) is 15.2. The van der Waals surface area contributed by atoms with E-state index in [0.29, 0.717) is 17.8 Å². The number of benzene rings is 2. The van der Waals surface area contributed by atoms with Crippen molar-refractivity contribution in [2.24, 2.45) is 0 Å². The summed E-state index contributed by atoms with van der Waals surface area (Å²) in [5, 5.41) is 31.8. The summed E-state index contributed by atoms with van der Waals surface area (Å²) in [7, 11) is 0. The van der Waals surface area contributed by atoms with Crippen LogP contribution in [0.4, 0.5) is 11.4 Å². The average Bonchev–Trinajstić information content (AvgIpc) is 2.52. The smallest absolute Gasteiger partial charge is 0.270 e. The minimum Gasteiger partial charge on any atom is -0.380 e. The van der Waals surface area contributed by atoms with Gasteiger partial charge in [0.05, 0.1) is 27.8 Å². The van der Waals surface area contributed by atoms with E-state index in [0.717, 1.165) is 5.56 Å². The molecular weight excluding hydrogens is 268 g/mol. The minimum absolute atomic E-state index is 0.130. The van der Waals surface area contributed by atoms with E-state index in [9.17, 15) is 10.1 Å². The molecule has 21 heavy (non-hydrogen) atoms. The third-order valence-electron chi connectivity index (χ3n) is 2.94. The highest BCUT2D eigenvalue weighted by molar-refractivity contribution is 5.61. The Balaban J connectivity index is 2.23. The number of anilines is 1. The number of hydrogen-bond acceptors (Lipinski definition) is 5. The van der Waals surface area contributed by atoms with Crippen LogP contribution >= 0.6 is 0 Å². The molecule has 0 atom stereocenters. The monoisotopic (exact) mass is 278 g/mol. The maximum absolute atomic E-state index is 10.7. The van der Waals surface area contributed by atoms with Gasteiger partial charge in [0.2, 0.25) is 0 Å². The molecule has 6 heteroatoms. The molecule has 2 rings (SSSR count). The van der Waals surface area contributed by atoms with Crippen LogP contribution in [-0.4, -0.2) is 4.92 Å². The Morgan fingerprint density at radius 1 is 1.10 bits per heavy atom. The van der Waals surface area contributed by atoms with Crippen LogP contribution < -0.4 is 5.32 Å². The first-order chi connectivity index (χ1) is 10.2. The van der Waals surface area contributed by atoms with Crippen molar-refractivity contribution in [1.29, 1.82) is 10.5 Å². The van der Waals surface area contributed by atoms with Crippen molar-refractivity contribution in [1.82, 2.24) is 0 Å². The van der Waals surface area contributed by atoms with Gasteiger partial charge in [-0.15, -0.1) is 0 Å². The fourth-order valence-corrected chi connectivity index (χ4v) is 1.87. The molecule has 0 bridgehead atoms. The van der Waals surface area contributed by atoms with E-state index in [1.165, 1.54) is 18.2 Å². The number of rotatable bonds is 4. The molecule has 0 heterocycles. The van der Waals surface area contributed by atoms with Crippen molar-refractivity contribution >= 4 is 11.4 Å². The Labute approximate surface area is 121 Å². The fraction of sp³-hybridized carbons (Fsp3) is 0.0667. The van der Waals surface area contributed by atoms with Gasteiger partial charge in [-0.05, 0) is 17.7 Å². The largest absolute Gasteiger partial charge is 0.380 e. The Morgan fingerprint density at radius 2 is 1.81 bits per heavy atom. The molecule has 0 aliphatic heterocycles. The predicted octanol–water partition coefficient (Wildman–Crippen LogP) is 2.95. The van der Waals surface area contributed by atoms with Gasteiger partial charge in [0.1, 0.15) is 6.07 Å². The van der Waals surface area contributed by atoms with Crippen molar-refractivity contribution < 1.29 is 4.92 Å². The Morgan fingerprint density at radius 3 is 2.48 bits per heavy atom. The van der Waals surface area contributed by atoms with Crippen molar-refractivity contribution in [2.75, 3.05) is 5.32 Å². The quantitative estimate of drug-likeness (QED) is 0.684. The number of nitriles is 2. The molecule has 6 nitrogen and oxygen atoms in total. The van der Waals surface area contributed by atoms with Crippen LogP contribution in [0.25, 0.3) is 0 Å². The van der Waals surface area contributed by atoms with E-state index in [4.69, 9.17) is 10.5 Å². The predicted molar refractivity (Wildman–Crippen MR) is 76.3 cm³/mol. The Bertz CT molecular complexity index is 772. The molecule has 102 valence electrons. The van der Waals surface area contributed by atoms with Gasteiger partial charge in [-0.25, -0.2) is 0 Å². The van der Waals surface area contributed by atoms with Crippen molar-refractivity contribution in [3.63, 3.8) is 0 Å². The zero-order valence-corrected chi connectivity index (χ0v) is 10.9. The van der Waals surface area contributed by atoms with Crippen molar-refractivity contribution in [3.05, 3.63) is 69.3 Å². The molecule has 2 aromatic rings. The van der Waals surface area contributed by atoms with Crippen molar-refractivity contribution in [2.45, 2.75) is 6.54 Å². The summed E-state index contributed by atoms with van der Waals surface area (Å²) >= 11 is 0. The van der Waals surface area contributed by atoms with E-state index in [-0.39, 0.29) is 11.3 Å². The standard InChI is InChI=1S/C15H10N4O2/c16-8-11-3-1-2-4-12(11)10-18-15-6-5-14(19(20)21)7-13(15)9-17/h1-7,18H,10H2. The summed E-state index contributed by atoms with van der Waals surface area (Å²) in [6.45, 7) is 0.357. The van der Waals surface area contributed by atoms with Crippen LogP contribution in [0, 0.1) is 32.8 Å². The molecule has 0 aliphatic carbocycles. The first-order valence-corrected chi connectivity index (χ1v) is 6.06. The molecule has 0 fully saturated rings. The molecule has 0 amide bonds. The number of hydrogen-bond donors (Lipinski definition) is 1. The maximum atomic E-state index is 10.7. The van der Waals surface area contributed by atoms with Gasteiger partial charge >= 0.3 is 0 Å². The lowest BCUT2D eigenvalue weighted by atomic mass is 10.1. The summed E-state index contributed by atoms with van der Waals surface area (Å²) in [6, 6.07) is 15.2.